The summed E-state index contributed by atoms with van der Waals surface area (Å²) in [6, 6.07) is 10.8. The summed E-state index contributed by atoms with van der Waals surface area (Å²) in [6.07, 6.45) is 0. The third-order valence-corrected chi connectivity index (χ3v) is 2.73. The number of ether oxygens (including phenoxy) is 2. The first-order chi connectivity index (χ1) is 9.13. The van der Waals surface area contributed by atoms with E-state index in [4.69, 9.17) is 26.3 Å². The van der Waals surface area contributed by atoms with Gasteiger partial charge in [0.2, 0.25) is 0 Å². The van der Waals surface area contributed by atoms with Crippen molar-refractivity contribution in [1.29, 1.82) is 5.26 Å². The molecule has 2 aromatic rings. The van der Waals surface area contributed by atoms with Crippen LogP contribution < -0.4 is 9.47 Å². The van der Waals surface area contributed by atoms with E-state index in [9.17, 15) is 4.39 Å². The first-order valence-electron chi connectivity index (χ1n) is 5.35. The van der Waals surface area contributed by atoms with Crippen LogP contribution in [0, 0.1) is 17.1 Å². The number of nitrogens with zero attached hydrogens (tertiary/aromatic N) is 1. The maximum atomic E-state index is 13.3. The molecule has 0 heterocycles. The monoisotopic (exact) mass is 277 g/mol. The number of benzene rings is 2. The molecule has 19 heavy (non-hydrogen) atoms. The summed E-state index contributed by atoms with van der Waals surface area (Å²) in [7, 11) is 1.51. The van der Waals surface area contributed by atoms with Crippen molar-refractivity contribution in [2.45, 2.75) is 0 Å². The van der Waals surface area contributed by atoms with Crippen LogP contribution in [0.25, 0.3) is 0 Å². The van der Waals surface area contributed by atoms with Gasteiger partial charge in [-0.15, -0.1) is 0 Å². The number of halogens is 2. The number of hydrogen-bond acceptors (Lipinski definition) is 3. The summed E-state index contributed by atoms with van der Waals surface area (Å²) in [4.78, 5) is 0. The van der Waals surface area contributed by atoms with Crippen molar-refractivity contribution in [2.24, 2.45) is 0 Å². The van der Waals surface area contributed by atoms with Crippen LogP contribution in [0.5, 0.6) is 17.2 Å². The lowest BCUT2D eigenvalue weighted by Crippen LogP contribution is -1.91. The smallest absolute Gasteiger partial charge is 0.148 e. The van der Waals surface area contributed by atoms with E-state index in [1.54, 1.807) is 18.2 Å². The first-order valence-corrected chi connectivity index (χ1v) is 5.73. The van der Waals surface area contributed by atoms with E-state index in [0.29, 0.717) is 17.1 Å². The Balaban J connectivity index is 2.36. The van der Waals surface area contributed by atoms with E-state index in [1.165, 1.54) is 19.2 Å². The molecule has 5 heteroatoms. The number of methoxy groups -OCH3 is 1. The number of nitriles is 1. The zero-order valence-corrected chi connectivity index (χ0v) is 10.7. The molecule has 0 spiro atoms. The van der Waals surface area contributed by atoms with Gasteiger partial charge in [0.15, 0.2) is 0 Å². The molecule has 0 aliphatic heterocycles. The second-order valence-corrected chi connectivity index (χ2v) is 4.06. The van der Waals surface area contributed by atoms with Gasteiger partial charge in [0.25, 0.3) is 0 Å². The van der Waals surface area contributed by atoms with Gasteiger partial charge in [-0.25, -0.2) is 4.39 Å². The summed E-state index contributed by atoms with van der Waals surface area (Å²) >= 11 is 5.59. The van der Waals surface area contributed by atoms with Crippen molar-refractivity contribution in [2.75, 3.05) is 7.11 Å². The van der Waals surface area contributed by atoms with Crippen LogP contribution in [-0.2, 0) is 0 Å². The molecule has 0 fully saturated rings. The van der Waals surface area contributed by atoms with Gasteiger partial charge in [0.05, 0.1) is 17.7 Å². The predicted octanol–water partition coefficient (Wildman–Crippen LogP) is 4.15. The fourth-order valence-corrected chi connectivity index (χ4v) is 1.59. The van der Waals surface area contributed by atoms with E-state index in [2.05, 4.69) is 0 Å². The second kappa shape index (κ2) is 5.59. The minimum absolute atomic E-state index is 0.0125. The van der Waals surface area contributed by atoms with Crippen LogP contribution in [0.4, 0.5) is 4.39 Å². The Labute approximate surface area is 114 Å². The number of hydrogen-bond donors (Lipinski definition) is 0. The average Bonchev–Trinajstić information content (AvgIpc) is 2.43. The van der Waals surface area contributed by atoms with Gasteiger partial charge >= 0.3 is 0 Å². The van der Waals surface area contributed by atoms with E-state index < -0.39 is 5.82 Å². The van der Waals surface area contributed by atoms with E-state index in [-0.39, 0.29) is 10.8 Å². The number of rotatable bonds is 3. The molecule has 2 rings (SSSR count). The molecule has 0 saturated carbocycles. The fraction of sp³-hybridized carbons (Fsp3) is 0.0714. The van der Waals surface area contributed by atoms with Crippen molar-refractivity contribution in [3.63, 3.8) is 0 Å². The van der Waals surface area contributed by atoms with Crippen molar-refractivity contribution >= 4 is 11.6 Å². The third kappa shape index (κ3) is 2.95. The molecule has 0 aliphatic carbocycles. The lowest BCUT2D eigenvalue weighted by molar-refractivity contribution is 0.408. The Morgan fingerprint density at radius 3 is 2.53 bits per heavy atom. The highest BCUT2D eigenvalue weighted by atomic mass is 35.5. The van der Waals surface area contributed by atoms with E-state index in [0.717, 1.165) is 6.07 Å². The van der Waals surface area contributed by atoms with Gasteiger partial charge < -0.3 is 9.47 Å². The molecule has 0 N–H and O–H groups in total. The molecule has 0 amide bonds. The molecule has 0 unspecified atom stereocenters. The molecule has 3 nitrogen and oxygen atoms in total. The SMILES string of the molecule is COc1ccc(C#N)c(Oc2ccc(Cl)c(F)c2)c1. The van der Waals surface area contributed by atoms with Gasteiger partial charge in [0.1, 0.15) is 29.1 Å². The van der Waals surface area contributed by atoms with Crippen LogP contribution in [0.3, 0.4) is 0 Å². The average molecular weight is 278 g/mol. The van der Waals surface area contributed by atoms with Gasteiger partial charge in [-0.05, 0) is 24.3 Å². The lowest BCUT2D eigenvalue weighted by atomic mass is 10.2. The van der Waals surface area contributed by atoms with Crippen LogP contribution >= 0.6 is 11.6 Å². The van der Waals surface area contributed by atoms with Crippen LogP contribution in [-0.4, -0.2) is 7.11 Å². The van der Waals surface area contributed by atoms with Crippen LogP contribution in [0.1, 0.15) is 5.56 Å². The summed E-state index contributed by atoms with van der Waals surface area (Å²) in [5.41, 5.74) is 0.330. The zero-order chi connectivity index (χ0) is 13.8. The predicted molar refractivity (Wildman–Crippen MR) is 69.2 cm³/mol. The maximum Gasteiger partial charge on any atom is 0.148 e. The van der Waals surface area contributed by atoms with Gasteiger partial charge in [-0.2, -0.15) is 5.26 Å². The highest BCUT2D eigenvalue weighted by molar-refractivity contribution is 6.30. The highest BCUT2D eigenvalue weighted by Gasteiger charge is 2.08. The summed E-state index contributed by atoms with van der Waals surface area (Å²) < 4.78 is 23.8. The molecule has 0 radical (unpaired) electrons. The molecule has 2 aromatic carbocycles. The van der Waals surface area contributed by atoms with Gasteiger partial charge in [-0.1, -0.05) is 11.6 Å². The Morgan fingerprint density at radius 2 is 1.89 bits per heavy atom. The Morgan fingerprint density at radius 1 is 1.16 bits per heavy atom. The highest BCUT2D eigenvalue weighted by Crippen LogP contribution is 2.30. The van der Waals surface area contributed by atoms with Crippen LogP contribution in [0.15, 0.2) is 36.4 Å². The Bertz CT molecular complexity index is 652. The third-order valence-electron chi connectivity index (χ3n) is 2.43. The van der Waals surface area contributed by atoms with Crippen molar-refractivity contribution in [3.8, 4) is 23.3 Å². The molecule has 0 aliphatic rings. The summed E-state index contributed by atoms with van der Waals surface area (Å²) in [6.45, 7) is 0. The minimum Gasteiger partial charge on any atom is -0.497 e. The van der Waals surface area contributed by atoms with Gasteiger partial charge in [-0.3, -0.25) is 0 Å². The Hall–Kier alpha value is -2.25. The van der Waals surface area contributed by atoms with Gasteiger partial charge in [0, 0.05) is 12.1 Å². The fourth-order valence-electron chi connectivity index (χ4n) is 1.47. The largest absolute Gasteiger partial charge is 0.497 e. The van der Waals surface area contributed by atoms with E-state index >= 15 is 0 Å². The van der Waals surface area contributed by atoms with Crippen molar-refractivity contribution in [3.05, 3.63) is 52.8 Å². The quantitative estimate of drug-likeness (QED) is 0.846. The Kier molecular flexibility index (Phi) is 3.88. The lowest BCUT2D eigenvalue weighted by Gasteiger charge is -2.09. The van der Waals surface area contributed by atoms with Crippen molar-refractivity contribution < 1.29 is 13.9 Å². The second-order valence-electron chi connectivity index (χ2n) is 3.65. The molecular formula is C14H9ClFNO2. The standard InChI is InChI=1S/C14H9ClFNO2/c1-18-10-3-2-9(8-17)14(7-10)19-11-4-5-12(15)13(16)6-11/h2-7H,1H3. The molecule has 0 atom stereocenters. The summed E-state index contributed by atoms with van der Waals surface area (Å²) in [5, 5.41) is 9.01. The van der Waals surface area contributed by atoms with Crippen molar-refractivity contribution in [1.82, 2.24) is 0 Å². The van der Waals surface area contributed by atoms with E-state index in [1.807, 2.05) is 6.07 Å². The molecule has 0 saturated heterocycles. The van der Waals surface area contributed by atoms with Crippen LogP contribution in [0.2, 0.25) is 5.02 Å². The maximum absolute atomic E-state index is 13.3. The molecule has 0 bridgehead atoms. The molecule has 96 valence electrons. The topological polar surface area (TPSA) is 42.2 Å². The first kappa shape index (κ1) is 13.2. The summed E-state index contributed by atoms with van der Waals surface area (Å²) in [5.74, 6) is 0.513. The minimum atomic E-state index is -0.583. The molecular weight excluding hydrogens is 269 g/mol. The molecule has 0 aromatic heterocycles. The zero-order valence-electron chi connectivity index (χ0n) is 9.98. The normalized spacial score (nSPS) is 9.79.